The maximum absolute atomic E-state index is 12.3. The molecule has 0 fully saturated rings. The summed E-state index contributed by atoms with van der Waals surface area (Å²) in [5.41, 5.74) is 6.34. The molecule has 0 saturated carbocycles. The number of hydrogen-bond acceptors (Lipinski definition) is 4. The van der Waals surface area contributed by atoms with Crippen molar-refractivity contribution in [2.75, 3.05) is 6.61 Å². The molecule has 0 aliphatic carbocycles. The Labute approximate surface area is 140 Å². The molecule has 23 heavy (non-hydrogen) atoms. The van der Waals surface area contributed by atoms with Gasteiger partial charge in [0.2, 0.25) is 5.78 Å². The molecule has 1 aliphatic heterocycles. The molecule has 1 amide bonds. The standard InChI is InChI=1S/C17H12BrNO4/c18-11-3-1-2-10(6-11)7-15-17(21)13-5-4-12(8-14(13)23-15)22-9-16(19)20/h1-8H,9H2,(H2,19,20). The normalized spacial score (nSPS) is 14.5. The number of Topliss-reactive ketones (excluding diaryl/α,β-unsaturated/α-hetero) is 1. The molecule has 0 unspecified atom stereocenters. The number of halogens is 1. The number of amides is 1. The Bertz CT molecular complexity index is 829. The molecule has 116 valence electrons. The quantitative estimate of drug-likeness (QED) is 0.835. The van der Waals surface area contributed by atoms with Gasteiger partial charge in [0.15, 0.2) is 12.4 Å². The van der Waals surface area contributed by atoms with Gasteiger partial charge in [0.05, 0.1) is 5.56 Å². The minimum atomic E-state index is -0.572. The van der Waals surface area contributed by atoms with E-state index in [-0.39, 0.29) is 18.1 Å². The topological polar surface area (TPSA) is 78.6 Å². The molecular formula is C17H12BrNO4. The van der Waals surface area contributed by atoms with Crippen LogP contribution in [0.3, 0.4) is 0 Å². The van der Waals surface area contributed by atoms with E-state index in [1.807, 2.05) is 24.3 Å². The fourth-order valence-corrected chi connectivity index (χ4v) is 2.58. The molecule has 0 aromatic heterocycles. The van der Waals surface area contributed by atoms with Crippen LogP contribution in [-0.4, -0.2) is 18.3 Å². The fourth-order valence-electron chi connectivity index (χ4n) is 2.16. The van der Waals surface area contributed by atoms with E-state index in [9.17, 15) is 9.59 Å². The van der Waals surface area contributed by atoms with Gasteiger partial charge in [0.1, 0.15) is 11.5 Å². The number of ether oxygens (including phenoxy) is 2. The first kappa shape index (κ1) is 15.3. The van der Waals surface area contributed by atoms with Gasteiger partial charge < -0.3 is 15.2 Å². The van der Waals surface area contributed by atoms with Gasteiger partial charge in [0.25, 0.3) is 5.91 Å². The van der Waals surface area contributed by atoms with Crippen LogP contribution in [0, 0.1) is 0 Å². The van der Waals surface area contributed by atoms with Crippen molar-refractivity contribution in [3.8, 4) is 11.5 Å². The second-order valence-electron chi connectivity index (χ2n) is 4.91. The van der Waals surface area contributed by atoms with Gasteiger partial charge in [-0.3, -0.25) is 9.59 Å². The second kappa shape index (κ2) is 6.26. The third kappa shape index (κ3) is 3.43. The van der Waals surface area contributed by atoms with Gasteiger partial charge in [-0.25, -0.2) is 0 Å². The molecule has 1 aliphatic rings. The number of allylic oxidation sites excluding steroid dienone is 1. The summed E-state index contributed by atoms with van der Waals surface area (Å²) in [4.78, 5) is 23.1. The van der Waals surface area contributed by atoms with Crippen LogP contribution in [0.4, 0.5) is 0 Å². The lowest BCUT2D eigenvalue weighted by Gasteiger charge is -2.04. The van der Waals surface area contributed by atoms with Crippen molar-refractivity contribution in [2.45, 2.75) is 0 Å². The zero-order valence-corrected chi connectivity index (χ0v) is 13.5. The minimum absolute atomic E-state index is 0.193. The van der Waals surface area contributed by atoms with Crippen molar-refractivity contribution in [1.82, 2.24) is 0 Å². The lowest BCUT2D eigenvalue weighted by atomic mass is 10.1. The van der Waals surface area contributed by atoms with Crippen molar-refractivity contribution in [3.05, 3.63) is 63.8 Å². The van der Waals surface area contributed by atoms with E-state index in [1.165, 1.54) is 0 Å². The molecule has 2 aromatic rings. The number of primary amides is 1. The summed E-state index contributed by atoms with van der Waals surface area (Å²) >= 11 is 3.38. The van der Waals surface area contributed by atoms with Gasteiger partial charge in [-0.2, -0.15) is 0 Å². The van der Waals surface area contributed by atoms with Crippen molar-refractivity contribution in [1.29, 1.82) is 0 Å². The summed E-state index contributed by atoms with van der Waals surface area (Å²) in [7, 11) is 0. The molecule has 2 N–H and O–H groups in total. The van der Waals surface area contributed by atoms with E-state index in [1.54, 1.807) is 24.3 Å². The average molecular weight is 374 g/mol. The summed E-state index contributed by atoms with van der Waals surface area (Å²) in [5, 5.41) is 0. The molecule has 5 nitrogen and oxygen atoms in total. The molecular weight excluding hydrogens is 362 g/mol. The van der Waals surface area contributed by atoms with E-state index in [0.717, 1.165) is 10.0 Å². The summed E-state index contributed by atoms with van der Waals surface area (Å²) in [6.07, 6.45) is 1.68. The number of hydrogen-bond donors (Lipinski definition) is 1. The molecule has 0 bridgehead atoms. The van der Waals surface area contributed by atoms with E-state index in [0.29, 0.717) is 17.1 Å². The van der Waals surface area contributed by atoms with Crippen LogP contribution in [0.5, 0.6) is 11.5 Å². The van der Waals surface area contributed by atoms with E-state index in [2.05, 4.69) is 15.9 Å². The number of carbonyl (C=O) groups is 2. The monoisotopic (exact) mass is 373 g/mol. The largest absolute Gasteiger partial charge is 0.484 e. The number of rotatable bonds is 4. The first-order chi connectivity index (χ1) is 11.0. The van der Waals surface area contributed by atoms with E-state index >= 15 is 0 Å². The van der Waals surface area contributed by atoms with Gasteiger partial charge >= 0.3 is 0 Å². The third-order valence-corrected chi connectivity index (χ3v) is 3.66. The summed E-state index contributed by atoms with van der Waals surface area (Å²) in [5.74, 6) is 0.293. The first-order valence-corrected chi connectivity index (χ1v) is 7.57. The molecule has 1 heterocycles. The van der Waals surface area contributed by atoms with Crippen LogP contribution in [-0.2, 0) is 4.79 Å². The van der Waals surface area contributed by atoms with Crippen molar-refractivity contribution in [2.24, 2.45) is 5.73 Å². The number of benzene rings is 2. The van der Waals surface area contributed by atoms with Crippen LogP contribution in [0.15, 0.2) is 52.7 Å². The summed E-state index contributed by atoms with van der Waals surface area (Å²) in [6.45, 7) is -0.229. The Hall–Kier alpha value is -2.60. The number of fused-ring (bicyclic) bond motifs is 1. The molecule has 0 atom stereocenters. The Morgan fingerprint density at radius 3 is 2.83 bits per heavy atom. The SMILES string of the molecule is NC(=O)COc1ccc2c(c1)OC(=Cc1cccc(Br)c1)C2=O. The predicted molar refractivity (Wildman–Crippen MR) is 88.2 cm³/mol. The van der Waals surface area contributed by atoms with E-state index in [4.69, 9.17) is 15.2 Å². The first-order valence-electron chi connectivity index (χ1n) is 6.78. The highest BCUT2D eigenvalue weighted by Crippen LogP contribution is 2.35. The average Bonchev–Trinajstić information content (AvgIpc) is 2.81. The molecule has 0 radical (unpaired) electrons. The molecule has 6 heteroatoms. The summed E-state index contributed by atoms with van der Waals surface area (Å²) in [6, 6.07) is 12.3. The minimum Gasteiger partial charge on any atom is -0.484 e. The highest BCUT2D eigenvalue weighted by Gasteiger charge is 2.27. The number of nitrogens with two attached hydrogens (primary N) is 1. The molecule has 0 saturated heterocycles. The van der Waals surface area contributed by atoms with Crippen LogP contribution < -0.4 is 15.2 Å². The van der Waals surface area contributed by atoms with E-state index < -0.39 is 5.91 Å². The smallest absolute Gasteiger partial charge is 0.255 e. The Morgan fingerprint density at radius 2 is 2.09 bits per heavy atom. The van der Waals surface area contributed by atoms with Crippen molar-refractivity contribution < 1.29 is 19.1 Å². The Kier molecular flexibility index (Phi) is 4.16. The predicted octanol–water partition coefficient (Wildman–Crippen LogP) is 2.93. The molecule has 3 rings (SSSR count). The van der Waals surface area contributed by atoms with Crippen molar-refractivity contribution >= 4 is 33.7 Å². The highest BCUT2D eigenvalue weighted by atomic mass is 79.9. The maximum Gasteiger partial charge on any atom is 0.255 e. The zero-order valence-electron chi connectivity index (χ0n) is 11.9. The van der Waals surface area contributed by atoms with Crippen LogP contribution in [0.1, 0.15) is 15.9 Å². The number of carbonyl (C=O) groups excluding carboxylic acids is 2. The van der Waals surface area contributed by atoms with Gasteiger partial charge in [-0.15, -0.1) is 0 Å². The molecule has 2 aromatic carbocycles. The second-order valence-corrected chi connectivity index (χ2v) is 5.82. The van der Waals surface area contributed by atoms with Crippen LogP contribution in [0.25, 0.3) is 6.08 Å². The highest BCUT2D eigenvalue weighted by molar-refractivity contribution is 9.10. The number of ketones is 1. The van der Waals surface area contributed by atoms with Gasteiger partial charge in [-0.1, -0.05) is 28.1 Å². The molecule has 0 spiro atoms. The zero-order chi connectivity index (χ0) is 16.4. The Morgan fingerprint density at radius 1 is 1.26 bits per heavy atom. The van der Waals surface area contributed by atoms with Gasteiger partial charge in [-0.05, 0) is 35.9 Å². The third-order valence-electron chi connectivity index (χ3n) is 3.17. The maximum atomic E-state index is 12.3. The fraction of sp³-hybridized carbons (Fsp3) is 0.0588. The van der Waals surface area contributed by atoms with Crippen LogP contribution >= 0.6 is 15.9 Å². The van der Waals surface area contributed by atoms with Gasteiger partial charge in [0, 0.05) is 10.5 Å². The van der Waals surface area contributed by atoms with Crippen LogP contribution in [0.2, 0.25) is 0 Å². The lowest BCUT2D eigenvalue weighted by Crippen LogP contribution is -2.19. The lowest BCUT2D eigenvalue weighted by molar-refractivity contribution is -0.119. The van der Waals surface area contributed by atoms with Crippen molar-refractivity contribution in [3.63, 3.8) is 0 Å². The summed E-state index contributed by atoms with van der Waals surface area (Å²) < 4.78 is 11.7. The Balaban J connectivity index is 1.85.